The van der Waals surface area contributed by atoms with Crippen LogP contribution in [0.5, 0.6) is 0 Å². The lowest BCUT2D eigenvalue weighted by atomic mass is 10.2. The summed E-state index contributed by atoms with van der Waals surface area (Å²) in [5, 5.41) is 6.55. The lowest BCUT2D eigenvalue weighted by Gasteiger charge is -2.31. The van der Waals surface area contributed by atoms with E-state index in [9.17, 15) is 0 Å². The highest BCUT2D eigenvalue weighted by molar-refractivity contribution is 5.69. The van der Waals surface area contributed by atoms with Crippen molar-refractivity contribution in [1.29, 1.82) is 0 Å². The Morgan fingerprint density at radius 3 is 2.80 bits per heavy atom. The molecule has 1 aliphatic rings. The summed E-state index contributed by atoms with van der Waals surface area (Å²) < 4.78 is 0. The number of rotatable bonds is 2. The molecule has 0 saturated carbocycles. The van der Waals surface area contributed by atoms with Crippen molar-refractivity contribution in [1.82, 2.24) is 10.3 Å². The second-order valence-electron chi connectivity index (χ2n) is 3.83. The molecule has 1 aromatic heterocycles. The monoisotopic (exact) mass is 206 g/mol. The van der Waals surface area contributed by atoms with Crippen LogP contribution in [0.25, 0.3) is 0 Å². The van der Waals surface area contributed by atoms with Gasteiger partial charge in [0.05, 0.1) is 17.6 Å². The van der Waals surface area contributed by atoms with E-state index in [1.165, 1.54) is 5.69 Å². The van der Waals surface area contributed by atoms with Gasteiger partial charge < -0.3 is 15.5 Å². The molecule has 0 bridgehead atoms. The Kier molecular flexibility index (Phi) is 3.06. The molecule has 0 atom stereocenters. The average molecular weight is 206 g/mol. The molecule has 0 radical (unpaired) electrons. The van der Waals surface area contributed by atoms with Crippen LogP contribution >= 0.6 is 0 Å². The largest absolute Gasteiger partial charge is 0.385 e. The highest BCUT2D eigenvalue weighted by atomic mass is 15.2. The van der Waals surface area contributed by atoms with Crippen molar-refractivity contribution in [2.45, 2.75) is 6.92 Å². The summed E-state index contributed by atoms with van der Waals surface area (Å²) in [5.41, 5.74) is 3.46. The standard InChI is InChI=1S/C11H18N4/c1-9-7-11(10(12-2)8-14-9)15-5-3-13-4-6-15/h7-8,12-13H,3-6H2,1-2H3. The third kappa shape index (κ3) is 2.21. The van der Waals surface area contributed by atoms with Crippen LogP contribution in [0.2, 0.25) is 0 Å². The van der Waals surface area contributed by atoms with Gasteiger partial charge in [0.2, 0.25) is 0 Å². The molecule has 1 aliphatic heterocycles. The van der Waals surface area contributed by atoms with Gasteiger partial charge in [-0.2, -0.15) is 0 Å². The second kappa shape index (κ2) is 4.49. The summed E-state index contributed by atoms with van der Waals surface area (Å²) in [5.74, 6) is 0. The fourth-order valence-electron chi connectivity index (χ4n) is 1.91. The molecule has 82 valence electrons. The second-order valence-corrected chi connectivity index (χ2v) is 3.83. The predicted octanol–water partition coefficient (Wildman–Crippen LogP) is 0.841. The van der Waals surface area contributed by atoms with Gasteiger partial charge in [-0.05, 0) is 13.0 Å². The lowest BCUT2D eigenvalue weighted by Crippen LogP contribution is -2.43. The van der Waals surface area contributed by atoms with Crippen LogP contribution in [-0.4, -0.2) is 38.2 Å². The first-order chi connectivity index (χ1) is 7.31. The van der Waals surface area contributed by atoms with Crippen molar-refractivity contribution in [2.75, 3.05) is 43.4 Å². The predicted molar refractivity (Wildman–Crippen MR) is 63.6 cm³/mol. The van der Waals surface area contributed by atoms with E-state index in [1.807, 2.05) is 20.2 Å². The maximum absolute atomic E-state index is 4.30. The Balaban J connectivity index is 2.27. The minimum Gasteiger partial charge on any atom is -0.385 e. The normalized spacial score (nSPS) is 16.5. The van der Waals surface area contributed by atoms with Gasteiger partial charge in [-0.15, -0.1) is 0 Å². The Labute approximate surface area is 90.7 Å². The fourth-order valence-corrected chi connectivity index (χ4v) is 1.91. The molecule has 1 saturated heterocycles. The average Bonchev–Trinajstić information content (AvgIpc) is 2.30. The van der Waals surface area contributed by atoms with Crippen molar-refractivity contribution in [3.8, 4) is 0 Å². The molecular weight excluding hydrogens is 188 g/mol. The van der Waals surface area contributed by atoms with Crippen molar-refractivity contribution < 1.29 is 0 Å². The molecule has 15 heavy (non-hydrogen) atoms. The minimum atomic E-state index is 1.06. The number of hydrogen-bond donors (Lipinski definition) is 2. The Bertz CT molecular complexity index is 331. The van der Waals surface area contributed by atoms with Gasteiger partial charge in [0, 0.05) is 38.9 Å². The quantitative estimate of drug-likeness (QED) is 0.752. The van der Waals surface area contributed by atoms with E-state index in [0.29, 0.717) is 0 Å². The van der Waals surface area contributed by atoms with E-state index < -0.39 is 0 Å². The maximum Gasteiger partial charge on any atom is 0.0762 e. The molecular formula is C11H18N4. The highest BCUT2D eigenvalue weighted by Gasteiger charge is 2.13. The number of piperazine rings is 1. The number of anilines is 2. The number of aromatic nitrogens is 1. The van der Waals surface area contributed by atoms with Gasteiger partial charge in [-0.1, -0.05) is 0 Å². The van der Waals surface area contributed by atoms with Gasteiger partial charge in [-0.3, -0.25) is 4.98 Å². The Hall–Kier alpha value is -1.29. The van der Waals surface area contributed by atoms with E-state index >= 15 is 0 Å². The molecule has 2 rings (SSSR count). The smallest absolute Gasteiger partial charge is 0.0762 e. The molecule has 4 heteroatoms. The van der Waals surface area contributed by atoms with Crippen LogP contribution in [0.3, 0.4) is 0 Å². The van der Waals surface area contributed by atoms with E-state index in [2.05, 4.69) is 26.6 Å². The van der Waals surface area contributed by atoms with Crippen LogP contribution in [0, 0.1) is 6.92 Å². The number of aryl methyl sites for hydroxylation is 1. The summed E-state index contributed by atoms with van der Waals surface area (Å²) in [7, 11) is 1.94. The first-order valence-corrected chi connectivity index (χ1v) is 5.41. The molecule has 2 heterocycles. The summed E-state index contributed by atoms with van der Waals surface area (Å²) >= 11 is 0. The minimum absolute atomic E-state index is 1.06. The van der Waals surface area contributed by atoms with Gasteiger partial charge in [-0.25, -0.2) is 0 Å². The van der Waals surface area contributed by atoms with Crippen molar-refractivity contribution in [2.24, 2.45) is 0 Å². The van der Waals surface area contributed by atoms with E-state index in [-0.39, 0.29) is 0 Å². The fraction of sp³-hybridized carbons (Fsp3) is 0.545. The lowest BCUT2D eigenvalue weighted by molar-refractivity contribution is 0.589. The summed E-state index contributed by atoms with van der Waals surface area (Å²) in [6.45, 7) is 6.29. The molecule has 4 nitrogen and oxygen atoms in total. The first kappa shape index (κ1) is 10.2. The third-order valence-corrected chi connectivity index (χ3v) is 2.75. The summed E-state index contributed by atoms with van der Waals surface area (Å²) in [6.07, 6.45) is 1.91. The van der Waals surface area contributed by atoms with Crippen LogP contribution in [0.4, 0.5) is 11.4 Å². The zero-order valence-electron chi connectivity index (χ0n) is 9.38. The van der Waals surface area contributed by atoms with Crippen molar-refractivity contribution >= 4 is 11.4 Å². The first-order valence-electron chi connectivity index (χ1n) is 5.41. The van der Waals surface area contributed by atoms with E-state index in [0.717, 1.165) is 37.6 Å². The number of pyridine rings is 1. The van der Waals surface area contributed by atoms with Gasteiger partial charge in [0.1, 0.15) is 0 Å². The van der Waals surface area contributed by atoms with E-state index in [4.69, 9.17) is 0 Å². The molecule has 2 N–H and O–H groups in total. The molecule has 0 aliphatic carbocycles. The highest BCUT2D eigenvalue weighted by Crippen LogP contribution is 2.25. The van der Waals surface area contributed by atoms with Gasteiger partial charge in [0.25, 0.3) is 0 Å². The van der Waals surface area contributed by atoms with Crippen LogP contribution in [0.1, 0.15) is 5.69 Å². The Morgan fingerprint density at radius 1 is 1.40 bits per heavy atom. The third-order valence-electron chi connectivity index (χ3n) is 2.75. The van der Waals surface area contributed by atoms with Crippen molar-refractivity contribution in [3.63, 3.8) is 0 Å². The Morgan fingerprint density at radius 2 is 2.13 bits per heavy atom. The summed E-state index contributed by atoms with van der Waals surface area (Å²) in [6, 6.07) is 2.15. The topological polar surface area (TPSA) is 40.2 Å². The molecule has 0 amide bonds. The summed E-state index contributed by atoms with van der Waals surface area (Å²) in [4.78, 5) is 6.70. The molecule has 1 fully saturated rings. The molecule has 0 aromatic carbocycles. The number of nitrogens with one attached hydrogen (secondary N) is 2. The SMILES string of the molecule is CNc1cnc(C)cc1N1CCNCC1. The van der Waals surface area contributed by atoms with Gasteiger partial charge >= 0.3 is 0 Å². The maximum atomic E-state index is 4.30. The zero-order chi connectivity index (χ0) is 10.7. The number of nitrogens with zero attached hydrogens (tertiary/aromatic N) is 2. The molecule has 1 aromatic rings. The number of hydrogen-bond acceptors (Lipinski definition) is 4. The zero-order valence-corrected chi connectivity index (χ0v) is 9.38. The van der Waals surface area contributed by atoms with Gasteiger partial charge in [0.15, 0.2) is 0 Å². The molecule has 0 unspecified atom stereocenters. The molecule has 0 spiro atoms. The van der Waals surface area contributed by atoms with Crippen LogP contribution in [0.15, 0.2) is 12.3 Å². The van der Waals surface area contributed by atoms with Crippen molar-refractivity contribution in [3.05, 3.63) is 18.0 Å². The van der Waals surface area contributed by atoms with E-state index in [1.54, 1.807) is 0 Å². The van der Waals surface area contributed by atoms with Crippen LogP contribution in [-0.2, 0) is 0 Å². The van der Waals surface area contributed by atoms with Crippen LogP contribution < -0.4 is 15.5 Å².